The summed E-state index contributed by atoms with van der Waals surface area (Å²) in [5.41, 5.74) is 0.458. The molecular formula is C18H23ClN2O4. The third-order valence-corrected chi connectivity index (χ3v) is 4.60. The molecule has 2 rings (SSSR count). The molecule has 2 N–H and O–H groups in total. The van der Waals surface area contributed by atoms with Crippen molar-refractivity contribution in [2.24, 2.45) is 5.92 Å². The lowest BCUT2D eigenvalue weighted by Crippen LogP contribution is -2.47. The Morgan fingerprint density at radius 2 is 2.00 bits per heavy atom. The fourth-order valence-electron chi connectivity index (χ4n) is 2.99. The predicted octanol–water partition coefficient (Wildman–Crippen LogP) is 2.62. The van der Waals surface area contributed by atoms with E-state index < -0.39 is 12.0 Å². The van der Waals surface area contributed by atoms with Gasteiger partial charge in [-0.2, -0.15) is 0 Å². The lowest BCUT2D eigenvalue weighted by atomic mass is 9.95. The van der Waals surface area contributed by atoms with Gasteiger partial charge in [-0.1, -0.05) is 30.7 Å². The van der Waals surface area contributed by atoms with E-state index in [0.29, 0.717) is 36.5 Å². The molecule has 1 aliphatic rings. The molecule has 1 aliphatic heterocycles. The maximum atomic E-state index is 12.5. The number of hydrogen-bond acceptors (Lipinski definition) is 3. The maximum Gasteiger partial charge on any atom is 0.330 e. The number of rotatable bonds is 6. The van der Waals surface area contributed by atoms with E-state index in [1.54, 1.807) is 29.2 Å². The fourth-order valence-corrected chi connectivity index (χ4v) is 3.12. The van der Waals surface area contributed by atoms with Gasteiger partial charge in [-0.15, -0.1) is 0 Å². The van der Waals surface area contributed by atoms with E-state index in [1.807, 2.05) is 6.92 Å². The predicted molar refractivity (Wildman–Crippen MR) is 94.2 cm³/mol. The Bertz CT molecular complexity index is 632. The minimum Gasteiger partial charge on any atom is -0.479 e. The van der Waals surface area contributed by atoms with Crippen molar-refractivity contribution in [1.29, 1.82) is 0 Å². The number of nitrogens with zero attached hydrogens (tertiary/aromatic N) is 1. The maximum absolute atomic E-state index is 12.5. The molecule has 1 heterocycles. The Hall–Kier alpha value is -2.08. The summed E-state index contributed by atoms with van der Waals surface area (Å²) in [6.07, 6.45) is 2.63. The standard InChI is InChI=1S/C18H23ClN2O4/c1-2-4-15(22)21-10-3-5-13(11-21)17(23)20-16(18(24)25)12-6-8-14(19)9-7-12/h6-9,13,16H,2-5,10-11H2,1H3,(H,20,23)(H,24,25). The van der Waals surface area contributed by atoms with Crippen LogP contribution >= 0.6 is 11.6 Å². The Kier molecular flexibility index (Phi) is 6.82. The lowest BCUT2D eigenvalue weighted by molar-refractivity contribution is -0.144. The lowest BCUT2D eigenvalue weighted by Gasteiger charge is -2.32. The van der Waals surface area contributed by atoms with E-state index >= 15 is 0 Å². The molecule has 136 valence electrons. The van der Waals surface area contributed by atoms with Gasteiger partial charge in [-0.05, 0) is 37.0 Å². The average molecular weight is 367 g/mol. The van der Waals surface area contributed by atoms with E-state index in [1.165, 1.54) is 0 Å². The number of carboxylic acid groups (broad SMARTS) is 1. The number of aliphatic carboxylic acids is 1. The summed E-state index contributed by atoms with van der Waals surface area (Å²) in [6, 6.07) is 5.21. The van der Waals surface area contributed by atoms with E-state index in [0.717, 1.165) is 12.8 Å². The Balaban J connectivity index is 2.04. The molecule has 2 amide bonds. The van der Waals surface area contributed by atoms with Crippen molar-refractivity contribution in [3.63, 3.8) is 0 Å². The number of carbonyl (C=O) groups excluding carboxylic acids is 2. The summed E-state index contributed by atoms with van der Waals surface area (Å²) in [6.45, 7) is 2.94. The minimum absolute atomic E-state index is 0.0486. The topological polar surface area (TPSA) is 86.7 Å². The summed E-state index contributed by atoms with van der Waals surface area (Å²) in [4.78, 5) is 37.8. The van der Waals surface area contributed by atoms with Gasteiger partial charge < -0.3 is 15.3 Å². The number of amides is 2. The van der Waals surface area contributed by atoms with E-state index in [-0.39, 0.29) is 17.7 Å². The Morgan fingerprint density at radius 3 is 2.60 bits per heavy atom. The van der Waals surface area contributed by atoms with Crippen LogP contribution in [0.5, 0.6) is 0 Å². The Labute approximate surface area is 152 Å². The molecule has 7 heteroatoms. The highest BCUT2D eigenvalue weighted by Gasteiger charge is 2.31. The van der Waals surface area contributed by atoms with E-state index in [4.69, 9.17) is 11.6 Å². The van der Waals surface area contributed by atoms with Gasteiger partial charge >= 0.3 is 5.97 Å². The van der Waals surface area contributed by atoms with Crippen molar-refractivity contribution in [1.82, 2.24) is 10.2 Å². The molecule has 0 aliphatic carbocycles. The second-order valence-electron chi connectivity index (χ2n) is 6.26. The van der Waals surface area contributed by atoms with Gasteiger partial charge in [0.1, 0.15) is 0 Å². The largest absolute Gasteiger partial charge is 0.479 e. The average Bonchev–Trinajstić information content (AvgIpc) is 2.60. The van der Waals surface area contributed by atoms with Gasteiger partial charge in [0.15, 0.2) is 6.04 Å². The number of piperidine rings is 1. The van der Waals surface area contributed by atoms with Gasteiger partial charge in [-0.25, -0.2) is 4.79 Å². The van der Waals surface area contributed by atoms with Gasteiger partial charge in [-0.3, -0.25) is 9.59 Å². The molecule has 1 aromatic rings. The molecule has 25 heavy (non-hydrogen) atoms. The number of benzene rings is 1. The monoisotopic (exact) mass is 366 g/mol. The van der Waals surface area contributed by atoms with E-state index in [9.17, 15) is 19.5 Å². The molecular weight excluding hydrogens is 344 g/mol. The van der Waals surface area contributed by atoms with Gasteiger partial charge in [0.25, 0.3) is 0 Å². The zero-order valence-corrected chi connectivity index (χ0v) is 15.0. The highest BCUT2D eigenvalue weighted by molar-refractivity contribution is 6.30. The first-order valence-electron chi connectivity index (χ1n) is 8.48. The summed E-state index contributed by atoms with van der Waals surface area (Å²) in [5.74, 6) is -1.81. The van der Waals surface area contributed by atoms with Crippen LogP contribution in [0.1, 0.15) is 44.2 Å². The second kappa shape index (κ2) is 8.85. The number of halogens is 1. The normalized spacial score (nSPS) is 18.5. The van der Waals surface area contributed by atoms with Crippen molar-refractivity contribution in [3.05, 3.63) is 34.9 Å². The summed E-state index contributed by atoms with van der Waals surface area (Å²) in [7, 11) is 0. The van der Waals surface area contributed by atoms with Crippen LogP contribution in [0.2, 0.25) is 5.02 Å². The van der Waals surface area contributed by atoms with Gasteiger partial charge in [0.05, 0.1) is 5.92 Å². The van der Waals surface area contributed by atoms with Crippen molar-refractivity contribution < 1.29 is 19.5 Å². The van der Waals surface area contributed by atoms with Gasteiger partial charge in [0, 0.05) is 24.5 Å². The molecule has 6 nitrogen and oxygen atoms in total. The highest BCUT2D eigenvalue weighted by Crippen LogP contribution is 2.21. The zero-order valence-electron chi connectivity index (χ0n) is 14.2. The minimum atomic E-state index is -1.13. The molecule has 1 saturated heterocycles. The molecule has 0 spiro atoms. The van der Waals surface area contributed by atoms with Crippen LogP contribution in [-0.2, 0) is 14.4 Å². The van der Waals surface area contributed by atoms with Crippen LogP contribution < -0.4 is 5.32 Å². The number of nitrogens with one attached hydrogen (secondary N) is 1. The van der Waals surface area contributed by atoms with Crippen molar-refractivity contribution in [2.75, 3.05) is 13.1 Å². The molecule has 2 atom stereocenters. The summed E-state index contributed by atoms with van der Waals surface area (Å²) >= 11 is 5.82. The third-order valence-electron chi connectivity index (χ3n) is 4.35. The molecule has 0 saturated carbocycles. The van der Waals surface area contributed by atoms with Crippen LogP contribution in [0, 0.1) is 5.92 Å². The van der Waals surface area contributed by atoms with Crippen LogP contribution in [-0.4, -0.2) is 40.9 Å². The van der Waals surface area contributed by atoms with Crippen molar-refractivity contribution in [3.8, 4) is 0 Å². The molecule has 1 aromatic carbocycles. The number of carbonyl (C=O) groups is 3. The number of likely N-dealkylation sites (tertiary alicyclic amines) is 1. The zero-order chi connectivity index (χ0) is 18.4. The summed E-state index contributed by atoms with van der Waals surface area (Å²) in [5, 5.41) is 12.5. The fraction of sp³-hybridized carbons (Fsp3) is 0.500. The van der Waals surface area contributed by atoms with E-state index in [2.05, 4.69) is 5.32 Å². The van der Waals surface area contributed by atoms with Gasteiger partial charge in [0.2, 0.25) is 11.8 Å². The quantitative estimate of drug-likeness (QED) is 0.810. The molecule has 1 fully saturated rings. The van der Waals surface area contributed by atoms with Crippen molar-refractivity contribution >= 4 is 29.4 Å². The second-order valence-corrected chi connectivity index (χ2v) is 6.70. The van der Waals surface area contributed by atoms with Crippen LogP contribution in [0.3, 0.4) is 0 Å². The van der Waals surface area contributed by atoms with Crippen LogP contribution in [0.4, 0.5) is 0 Å². The van der Waals surface area contributed by atoms with Crippen LogP contribution in [0.25, 0.3) is 0 Å². The first-order valence-corrected chi connectivity index (χ1v) is 8.86. The molecule has 0 aromatic heterocycles. The molecule has 2 unspecified atom stereocenters. The molecule has 0 radical (unpaired) electrons. The first kappa shape index (κ1) is 19.2. The molecule has 0 bridgehead atoms. The summed E-state index contributed by atoms with van der Waals surface area (Å²) < 4.78 is 0. The first-order chi connectivity index (χ1) is 11.9. The number of carboxylic acids is 1. The third kappa shape index (κ3) is 5.19. The Morgan fingerprint density at radius 1 is 1.32 bits per heavy atom. The highest BCUT2D eigenvalue weighted by atomic mass is 35.5. The van der Waals surface area contributed by atoms with Crippen LogP contribution in [0.15, 0.2) is 24.3 Å². The van der Waals surface area contributed by atoms with Crippen molar-refractivity contribution in [2.45, 2.75) is 38.6 Å². The smallest absolute Gasteiger partial charge is 0.330 e. The SMILES string of the molecule is CCCC(=O)N1CCCC(C(=O)NC(C(=O)O)c2ccc(Cl)cc2)C1. The number of hydrogen-bond donors (Lipinski definition) is 2.